The molecule has 4 nitrogen and oxygen atoms in total. The van der Waals surface area contributed by atoms with Crippen molar-refractivity contribution in [2.75, 3.05) is 0 Å². The number of nitrogens with one attached hydrogen (secondary N) is 1. The third-order valence-electron chi connectivity index (χ3n) is 2.61. The molecule has 17 heavy (non-hydrogen) atoms. The van der Waals surface area contributed by atoms with E-state index in [1.54, 1.807) is 11.6 Å². The fourth-order valence-corrected chi connectivity index (χ4v) is 2.00. The quantitative estimate of drug-likeness (QED) is 0.803. The number of carbonyl (C=O) groups is 1. The number of aromatic nitrogens is 2. The molecule has 2 aromatic rings. The van der Waals surface area contributed by atoms with Gasteiger partial charge in [0.1, 0.15) is 0 Å². The van der Waals surface area contributed by atoms with Gasteiger partial charge in [-0.15, -0.1) is 0 Å². The number of imidazole rings is 1. The highest BCUT2D eigenvalue weighted by molar-refractivity contribution is 7.71. The molecule has 0 aliphatic carbocycles. The summed E-state index contributed by atoms with van der Waals surface area (Å²) in [5.74, 6) is -1.01. The predicted octanol–water partition coefficient (Wildman–Crippen LogP) is 2.76. The van der Waals surface area contributed by atoms with E-state index >= 15 is 0 Å². The minimum absolute atomic E-state index is 0.128. The van der Waals surface area contributed by atoms with Gasteiger partial charge in [0.05, 0.1) is 5.69 Å². The number of aryl methyl sites for hydroxylation is 1. The first-order valence-corrected chi connectivity index (χ1v) is 5.51. The van der Waals surface area contributed by atoms with Gasteiger partial charge < -0.3 is 14.7 Å². The smallest absolute Gasteiger partial charge is 0.354 e. The Morgan fingerprint density at radius 2 is 2.18 bits per heavy atom. The molecule has 0 atom stereocenters. The monoisotopic (exact) mass is 248 g/mol. The third-order valence-corrected chi connectivity index (χ3v) is 2.99. The number of carboxylic acids is 1. The maximum absolute atomic E-state index is 11.2. The number of rotatable bonds is 2. The molecule has 0 aliphatic rings. The molecule has 1 aromatic carbocycles. The van der Waals surface area contributed by atoms with E-state index < -0.39 is 5.97 Å². The van der Waals surface area contributed by atoms with Crippen molar-refractivity contribution >= 4 is 18.2 Å². The van der Waals surface area contributed by atoms with Gasteiger partial charge in [0, 0.05) is 12.6 Å². The van der Waals surface area contributed by atoms with Crippen LogP contribution in [0.3, 0.4) is 0 Å². The van der Waals surface area contributed by atoms with Gasteiger partial charge in [-0.1, -0.05) is 23.8 Å². The zero-order chi connectivity index (χ0) is 12.6. The summed E-state index contributed by atoms with van der Waals surface area (Å²) >= 11 is 5.06. The van der Waals surface area contributed by atoms with Crippen LogP contribution in [0, 0.1) is 11.7 Å². The average Bonchev–Trinajstić information content (AvgIpc) is 2.56. The van der Waals surface area contributed by atoms with Crippen molar-refractivity contribution in [3.05, 3.63) is 40.3 Å². The Morgan fingerprint density at radius 3 is 2.76 bits per heavy atom. The molecule has 0 unspecified atom stereocenters. The second-order valence-corrected chi connectivity index (χ2v) is 4.27. The molecule has 88 valence electrons. The molecule has 2 N–H and O–H groups in total. The van der Waals surface area contributed by atoms with Crippen LogP contribution in [0.5, 0.6) is 0 Å². The predicted molar refractivity (Wildman–Crippen MR) is 67.7 cm³/mol. The Kier molecular flexibility index (Phi) is 2.85. The summed E-state index contributed by atoms with van der Waals surface area (Å²) in [6.45, 7) is 1.96. The van der Waals surface area contributed by atoms with Crippen LogP contribution in [0.4, 0.5) is 0 Å². The van der Waals surface area contributed by atoms with E-state index in [9.17, 15) is 4.79 Å². The molecular weight excluding hydrogens is 236 g/mol. The highest BCUT2D eigenvalue weighted by atomic mass is 32.1. The second-order valence-electron chi connectivity index (χ2n) is 3.89. The van der Waals surface area contributed by atoms with Crippen molar-refractivity contribution in [1.29, 1.82) is 0 Å². The highest BCUT2D eigenvalue weighted by Gasteiger charge is 2.17. The van der Waals surface area contributed by atoms with Crippen LogP contribution < -0.4 is 0 Å². The first-order valence-electron chi connectivity index (χ1n) is 5.10. The van der Waals surface area contributed by atoms with Crippen molar-refractivity contribution in [2.24, 2.45) is 7.05 Å². The lowest BCUT2D eigenvalue weighted by Crippen LogP contribution is -2.01. The number of H-pyrrole nitrogens is 1. The molecule has 1 aromatic heterocycles. The number of aromatic carboxylic acids is 1. The van der Waals surface area contributed by atoms with Gasteiger partial charge in [-0.3, -0.25) is 0 Å². The van der Waals surface area contributed by atoms with Crippen LogP contribution >= 0.6 is 12.2 Å². The first kappa shape index (κ1) is 11.6. The largest absolute Gasteiger partial charge is 0.477 e. The molecule has 0 bridgehead atoms. The van der Waals surface area contributed by atoms with Crippen molar-refractivity contribution in [3.63, 3.8) is 0 Å². The molecule has 0 aliphatic heterocycles. The molecule has 2 rings (SSSR count). The van der Waals surface area contributed by atoms with Crippen molar-refractivity contribution in [3.8, 4) is 11.3 Å². The Labute approximate surface area is 104 Å². The molecule has 0 spiro atoms. The maximum Gasteiger partial charge on any atom is 0.354 e. The number of benzene rings is 1. The summed E-state index contributed by atoms with van der Waals surface area (Å²) in [7, 11) is 1.75. The SMILES string of the molecule is Cc1cccc(-c2c(C(=O)O)[nH]c(=S)n2C)c1. The third kappa shape index (κ3) is 2.01. The summed E-state index contributed by atoms with van der Waals surface area (Å²) in [5, 5.41) is 9.14. The zero-order valence-corrected chi connectivity index (χ0v) is 10.3. The van der Waals surface area contributed by atoms with Crippen molar-refractivity contribution in [2.45, 2.75) is 6.92 Å². The first-order chi connectivity index (χ1) is 8.00. The highest BCUT2D eigenvalue weighted by Crippen LogP contribution is 2.24. The van der Waals surface area contributed by atoms with Crippen LogP contribution in [-0.4, -0.2) is 20.6 Å². The summed E-state index contributed by atoms with van der Waals surface area (Å²) in [5.41, 5.74) is 2.65. The van der Waals surface area contributed by atoms with Gasteiger partial charge in [0.15, 0.2) is 10.5 Å². The normalized spacial score (nSPS) is 10.5. The van der Waals surface area contributed by atoms with Crippen LogP contribution in [0.2, 0.25) is 0 Å². The summed E-state index contributed by atoms with van der Waals surface area (Å²) in [4.78, 5) is 13.9. The summed E-state index contributed by atoms with van der Waals surface area (Å²) in [6, 6.07) is 7.67. The lowest BCUT2D eigenvalue weighted by atomic mass is 10.1. The Morgan fingerprint density at radius 1 is 1.47 bits per heavy atom. The topological polar surface area (TPSA) is 58.0 Å². The molecule has 0 radical (unpaired) electrons. The van der Waals surface area contributed by atoms with Crippen LogP contribution in [0.15, 0.2) is 24.3 Å². The van der Waals surface area contributed by atoms with E-state index in [1.165, 1.54) is 0 Å². The van der Waals surface area contributed by atoms with E-state index in [0.29, 0.717) is 10.5 Å². The Bertz CT molecular complexity index is 640. The zero-order valence-electron chi connectivity index (χ0n) is 9.52. The van der Waals surface area contributed by atoms with Crippen molar-refractivity contribution < 1.29 is 9.90 Å². The number of hydrogen-bond donors (Lipinski definition) is 2. The lowest BCUT2D eigenvalue weighted by Gasteiger charge is -2.05. The minimum Gasteiger partial charge on any atom is -0.477 e. The molecule has 0 fully saturated rings. The fraction of sp³-hybridized carbons (Fsp3) is 0.167. The average molecular weight is 248 g/mol. The van der Waals surface area contributed by atoms with E-state index in [2.05, 4.69) is 4.98 Å². The van der Waals surface area contributed by atoms with Crippen LogP contribution in [0.25, 0.3) is 11.3 Å². The summed E-state index contributed by atoms with van der Waals surface area (Å²) < 4.78 is 2.08. The van der Waals surface area contributed by atoms with Gasteiger partial charge in [-0.05, 0) is 25.2 Å². The van der Waals surface area contributed by atoms with E-state index in [0.717, 1.165) is 11.1 Å². The van der Waals surface area contributed by atoms with Gasteiger partial charge in [-0.25, -0.2) is 4.79 Å². The number of carboxylic acid groups (broad SMARTS) is 1. The lowest BCUT2D eigenvalue weighted by molar-refractivity contribution is 0.0692. The number of nitrogens with zero attached hydrogens (tertiary/aromatic N) is 1. The van der Waals surface area contributed by atoms with E-state index in [4.69, 9.17) is 17.3 Å². The van der Waals surface area contributed by atoms with E-state index in [-0.39, 0.29) is 5.69 Å². The number of aromatic amines is 1. The number of hydrogen-bond acceptors (Lipinski definition) is 2. The minimum atomic E-state index is -1.01. The van der Waals surface area contributed by atoms with Crippen LogP contribution in [-0.2, 0) is 7.05 Å². The van der Waals surface area contributed by atoms with Gasteiger partial charge in [-0.2, -0.15) is 0 Å². The molecule has 0 saturated heterocycles. The van der Waals surface area contributed by atoms with Gasteiger partial charge in [0.25, 0.3) is 0 Å². The van der Waals surface area contributed by atoms with Crippen LogP contribution in [0.1, 0.15) is 16.1 Å². The van der Waals surface area contributed by atoms with Crippen molar-refractivity contribution in [1.82, 2.24) is 9.55 Å². The van der Waals surface area contributed by atoms with Gasteiger partial charge >= 0.3 is 5.97 Å². The Hall–Kier alpha value is -1.88. The maximum atomic E-state index is 11.2. The molecule has 1 heterocycles. The van der Waals surface area contributed by atoms with Gasteiger partial charge in [0.2, 0.25) is 0 Å². The van der Waals surface area contributed by atoms with E-state index in [1.807, 2.05) is 31.2 Å². The molecule has 5 heteroatoms. The standard InChI is InChI=1S/C12H12N2O2S/c1-7-4-3-5-8(6-7)10-9(11(15)16)13-12(17)14(10)2/h3-6H,1-2H3,(H,13,17)(H,15,16). The molecular formula is C12H12N2O2S. The Balaban J connectivity index is 2.74. The summed E-state index contributed by atoms with van der Waals surface area (Å²) in [6.07, 6.45) is 0. The second kappa shape index (κ2) is 4.18. The molecule has 0 saturated carbocycles. The molecule has 0 amide bonds. The fourth-order valence-electron chi connectivity index (χ4n) is 1.80.